The van der Waals surface area contributed by atoms with Crippen molar-refractivity contribution in [3.05, 3.63) is 47.5 Å². The summed E-state index contributed by atoms with van der Waals surface area (Å²) >= 11 is 0. The molecule has 0 aliphatic heterocycles. The lowest BCUT2D eigenvalue weighted by atomic mass is 10.1. The van der Waals surface area contributed by atoms with Crippen LogP contribution >= 0.6 is 0 Å². The predicted octanol–water partition coefficient (Wildman–Crippen LogP) is 0.937. The molecule has 0 aliphatic carbocycles. The molecule has 2 aromatic rings. The van der Waals surface area contributed by atoms with Gasteiger partial charge in [-0.15, -0.1) is 0 Å². The smallest absolute Gasteiger partial charge is 0.335 e. The lowest BCUT2D eigenvalue weighted by molar-refractivity contribution is 0.0696. The monoisotopic (exact) mass is 309 g/mol. The number of carbonyl (C=O) groups is 1. The topological polar surface area (TPSA) is 112 Å². The third-order valence-electron chi connectivity index (χ3n) is 3.01. The molecule has 21 heavy (non-hydrogen) atoms. The fraction of sp³-hybridized carbons (Fsp3) is 0.231. The van der Waals surface area contributed by atoms with E-state index >= 15 is 0 Å². The van der Waals surface area contributed by atoms with E-state index in [-0.39, 0.29) is 22.6 Å². The average molecular weight is 309 g/mol. The van der Waals surface area contributed by atoms with Crippen molar-refractivity contribution in [1.82, 2.24) is 14.7 Å². The van der Waals surface area contributed by atoms with Crippen molar-refractivity contribution in [2.24, 2.45) is 0 Å². The number of carboxylic acids is 1. The second kappa shape index (κ2) is 6.06. The Bertz CT molecular complexity index is 739. The Morgan fingerprint density at radius 2 is 2.19 bits per heavy atom. The quantitative estimate of drug-likeness (QED) is 0.735. The van der Waals surface area contributed by atoms with Crippen molar-refractivity contribution in [2.75, 3.05) is 6.54 Å². The van der Waals surface area contributed by atoms with Gasteiger partial charge in [-0.2, -0.15) is 0 Å². The van der Waals surface area contributed by atoms with Crippen LogP contribution in [0.2, 0.25) is 0 Å². The number of H-pyrrole nitrogens is 1. The van der Waals surface area contributed by atoms with Gasteiger partial charge < -0.3 is 10.1 Å². The molecule has 1 aromatic carbocycles. The summed E-state index contributed by atoms with van der Waals surface area (Å²) in [6, 6.07) is 4.17. The lowest BCUT2D eigenvalue weighted by Gasteiger charge is -2.10. The van der Waals surface area contributed by atoms with Gasteiger partial charge in [0.2, 0.25) is 10.0 Å². The number of hydrogen-bond acceptors (Lipinski definition) is 4. The van der Waals surface area contributed by atoms with Gasteiger partial charge >= 0.3 is 5.97 Å². The zero-order valence-electron chi connectivity index (χ0n) is 11.3. The molecule has 0 spiro atoms. The van der Waals surface area contributed by atoms with E-state index in [0.717, 1.165) is 0 Å². The van der Waals surface area contributed by atoms with E-state index in [0.29, 0.717) is 12.2 Å². The van der Waals surface area contributed by atoms with Crippen molar-refractivity contribution < 1.29 is 18.3 Å². The van der Waals surface area contributed by atoms with Crippen LogP contribution in [-0.4, -0.2) is 36.0 Å². The van der Waals surface area contributed by atoms with Gasteiger partial charge in [0.25, 0.3) is 0 Å². The third-order valence-corrected chi connectivity index (χ3v) is 4.62. The first-order chi connectivity index (χ1) is 9.92. The van der Waals surface area contributed by atoms with Gasteiger partial charge in [0.05, 0.1) is 10.5 Å². The highest BCUT2D eigenvalue weighted by atomic mass is 32.2. The number of imidazole rings is 1. The number of aromatic carboxylic acids is 1. The summed E-state index contributed by atoms with van der Waals surface area (Å²) in [5.41, 5.74) is 0.194. The molecule has 112 valence electrons. The van der Waals surface area contributed by atoms with Crippen molar-refractivity contribution in [1.29, 1.82) is 0 Å². The van der Waals surface area contributed by atoms with Gasteiger partial charge in [-0.25, -0.2) is 22.9 Å². The SMILES string of the molecule is Cc1c(C(=O)O)cccc1S(=O)(=O)NCCc1ncc[nH]1. The van der Waals surface area contributed by atoms with Gasteiger partial charge in [0, 0.05) is 25.4 Å². The Labute approximate surface area is 122 Å². The van der Waals surface area contributed by atoms with Crippen molar-refractivity contribution >= 4 is 16.0 Å². The zero-order valence-corrected chi connectivity index (χ0v) is 12.1. The summed E-state index contributed by atoms with van der Waals surface area (Å²) < 4.78 is 26.9. The number of benzene rings is 1. The number of rotatable bonds is 6. The second-order valence-corrected chi connectivity index (χ2v) is 6.15. The molecule has 7 nitrogen and oxygen atoms in total. The first-order valence-electron chi connectivity index (χ1n) is 6.22. The maximum atomic E-state index is 12.2. The molecule has 2 rings (SSSR count). The Kier molecular flexibility index (Phi) is 4.39. The number of aromatic amines is 1. The predicted molar refractivity (Wildman–Crippen MR) is 75.6 cm³/mol. The highest BCUT2D eigenvalue weighted by molar-refractivity contribution is 7.89. The van der Waals surface area contributed by atoms with E-state index in [4.69, 9.17) is 5.11 Å². The van der Waals surface area contributed by atoms with Crippen LogP contribution in [0.1, 0.15) is 21.7 Å². The van der Waals surface area contributed by atoms with Gasteiger partial charge in [-0.3, -0.25) is 0 Å². The number of aromatic nitrogens is 2. The molecule has 0 aliphatic rings. The largest absolute Gasteiger partial charge is 0.478 e. The molecule has 0 radical (unpaired) electrons. The van der Waals surface area contributed by atoms with Gasteiger partial charge in [0.1, 0.15) is 5.82 Å². The van der Waals surface area contributed by atoms with E-state index < -0.39 is 16.0 Å². The molecular formula is C13H15N3O4S. The number of hydrogen-bond donors (Lipinski definition) is 3. The zero-order chi connectivity index (χ0) is 15.5. The number of nitrogens with one attached hydrogen (secondary N) is 2. The van der Waals surface area contributed by atoms with Gasteiger partial charge in [0.15, 0.2) is 0 Å². The van der Waals surface area contributed by atoms with E-state index in [1.54, 1.807) is 12.4 Å². The van der Waals surface area contributed by atoms with E-state index in [9.17, 15) is 13.2 Å². The van der Waals surface area contributed by atoms with Crippen LogP contribution in [0.5, 0.6) is 0 Å². The Hall–Kier alpha value is -2.19. The van der Waals surface area contributed by atoms with Crippen molar-refractivity contribution in [2.45, 2.75) is 18.2 Å². The summed E-state index contributed by atoms with van der Waals surface area (Å²) in [6.07, 6.45) is 3.67. The highest BCUT2D eigenvalue weighted by Gasteiger charge is 2.20. The van der Waals surface area contributed by atoms with Crippen LogP contribution < -0.4 is 4.72 Å². The molecule has 0 unspecified atom stereocenters. The molecular weight excluding hydrogens is 294 g/mol. The van der Waals surface area contributed by atoms with Crippen LogP contribution in [-0.2, 0) is 16.4 Å². The van der Waals surface area contributed by atoms with E-state index in [1.165, 1.54) is 25.1 Å². The van der Waals surface area contributed by atoms with Crippen molar-refractivity contribution in [3.8, 4) is 0 Å². The summed E-state index contributed by atoms with van der Waals surface area (Å²) in [5, 5.41) is 9.03. The molecule has 0 saturated carbocycles. The summed E-state index contributed by atoms with van der Waals surface area (Å²) in [4.78, 5) is 17.9. The maximum absolute atomic E-state index is 12.2. The van der Waals surface area contributed by atoms with E-state index in [2.05, 4.69) is 14.7 Å². The maximum Gasteiger partial charge on any atom is 0.335 e. The number of sulfonamides is 1. The standard InChI is InChI=1S/C13H15N3O4S/c1-9-10(13(17)18)3-2-4-11(9)21(19,20)16-6-5-12-14-7-8-15-12/h2-4,7-8,16H,5-6H2,1H3,(H,14,15)(H,17,18). The van der Waals surface area contributed by atoms with Crippen molar-refractivity contribution in [3.63, 3.8) is 0 Å². The molecule has 0 atom stereocenters. The first kappa shape index (κ1) is 15.2. The third kappa shape index (κ3) is 3.47. The highest BCUT2D eigenvalue weighted by Crippen LogP contribution is 2.18. The van der Waals surface area contributed by atoms with Gasteiger partial charge in [-0.1, -0.05) is 6.07 Å². The van der Waals surface area contributed by atoms with Crippen LogP contribution in [0.4, 0.5) is 0 Å². The first-order valence-corrected chi connectivity index (χ1v) is 7.71. The minimum Gasteiger partial charge on any atom is -0.478 e. The molecule has 0 amide bonds. The average Bonchev–Trinajstić information content (AvgIpc) is 2.91. The number of nitrogens with zero attached hydrogens (tertiary/aromatic N) is 1. The molecule has 3 N–H and O–H groups in total. The summed E-state index contributed by atoms with van der Waals surface area (Å²) in [6.45, 7) is 1.65. The Morgan fingerprint density at radius 3 is 2.81 bits per heavy atom. The lowest BCUT2D eigenvalue weighted by Crippen LogP contribution is -2.27. The van der Waals surface area contributed by atoms with Crippen LogP contribution in [0.3, 0.4) is 0 Å². The molecule has 0 saturated heterocycles. The minimum absolute atomic E-state index is 0.0242. The fourth-order valence-electron chi connectivity index (χ4n) is 1.95. The Morgan fingerprint density at radius 1 is 1.43 bits per heavy atom. The van der Waals surface area contributed by atoms with Crippen LogP contribution in [0.15, 0.2) is 35.5 Å². The van der Waals surface area contributed by atoms with Gasteiger partial charge in [-0.05, 0) is 24.6 Å². The normalized spacial score (nSPS) is 11.5. The second-order valence-electron chi connectivity index (χ2n) is 4.42. The Balaban J connectivity index is 2.16. The fourth-order valence-corrected chi connectivity index (χ4v) is 3.25. The minimum atomic E-state index is -3.76. The molecule has 1 aromatic heterocycles. The molecule has 1 heterocycles. The number of carboxylic acid groups (broad SMARTS) is 1. The summed E-state index contributed by atoms with van der Waals surface area (Å²) in [5.74, 6) is -0.478. The van der Waals surface area contributed by atoms with Crippen LogP contribution in [0, 0.1) is 6.92 Å². The van der Waals surface area contributed by atoms with Crippen LogP contribution in [0.25, 0.3) is 0 Å². The molecule has 8 heteroatoms. The molecule has 0 fully saturated rings. The van der Waals surface area contributed by atoms with E-state index in [1.807, 2.05) is 0 Å². The summed E-state index contributed by atoms with van der Waals surface area (Å²) in [7, 11) is -3.76. The molecule has 0 bridgehead atoms.